The number of aromatic nitrogens is 2. The lowest BCUT2D eigenvalue weighted by Gasteiger charge is -2.07. The van der Waals surface area contributed by atoms with Crippen molar-refractivity contribution in [3.05, 3.63) is 66.1 Å². The minimum atomic E-state index is -0.350. The van der Waals surface area contributed by atoms with Crippen LogP contribution in [-0.2, 0) is 6.54 Å². The van der Waals surface area contributed by atoms with Crippen LogP contribution in [0.15, 0.2) is 55.0 Å². The highest BCUT2D eigenvalue weighted by Crippen LogP contribution is 2.20. The number of aliphatic hydroxyl groups is 1. The van der Waals surface area contributed by atoms with E-state index < -0.39 is 0 Å². The lowest BCUT2D eigenvalue weighted by molar-refractivity contribution is 0.166. The fourth-order valence-electron chi connectivity index (χ4n) is 2.63. The summed E-state index contributed by atoms with van der Waals surface area (Å²) in [4.78, 5) is 4.34. The van der Waals surface area contributed by atoms with Gasteiger partial charge in [0.05, 0.1) is 11.6 Å². The third-order valence-electron chi connectivity index (χ3n) is 3.75. The van der Waals surface area contributed by atoms with Crippen molar-refractivity contribution in [1.82, 2.24) is 9.55 Å². The first-order valence-corrected chi connectivity index (χ1v) is 7.43. The van der Waals surface area contributed by atoms with E-state index in [4.69, 9.17) is 0 Å². The molecule has 3 rings (SSSR count). The maximum Gasteiger partial charge on any atom is 0.0804 e. The molecule has 0 fully saturated rings. The number of benzene rings is 1. The summed E-state index contributed by atoms with van der Waals surface area (Å²) in [5, 5.41) is 11.2. The Hall–Kier alpha value is -2.13. The van der Waals surface area contributed by atoms with Gasteiger partial charge in [0, 0.05) is 30.5 Å². The fraction of sp³-hybridized carbons (Fsp3) is 0.278. The van der Waals surface area contributed by atoms with Gasteiger partial charge in [0.2, 0.25) is 0 Å². The predicted molar refractivity (Wildman–Crippen MR) is 85.1 cm³/mol. The highest BCUT2D eigenvalue weighted by atomic mass is 16.3. The Balaban J connectivity index is 1.78. The molecule has 0 saturated carbocycles. The zero-order chi connectivity index (χ0) is 14.7. The van der Waals surface area contributed by atoms with E-state index in [1.54, 1.807) is 0 Å². The van der Waals surface area contributed by atoms with E-state index in [-0.39, 0.29) is 6.10 Å². The topological polar surface area (TPSA) is 38.0 Å². The van der Waals surface area contributed by atoms with Crippen LogP contribution in [0.2, 0.25) is 0 Å². The van der Waals surface area contributed by atoms with Crippen LogP contribution >= 0.6 is 0 Å². The van der Waals surface area contributed by atoms with E-state index in [1.165, 1.54) is 5.56 Å². The van der Waals surface area contributed by atoms with Crippen LogP contribution in [0.5, 0.6) is 0 Å². The first-order chi connectivity index (χ1) is 10.3. The van der Waals surface area contributed by atoms with E-state index in [0.717, 1.165) is 35.9 Å². The number of nitrogens with zero attached hydrogens (tertiary/aromatic N) is 2. The van der Waals surface area contributed by atoms with Crippen LogP contribution in [0.3, 0.4) is 0 Å². The van der Waals surface area contributed by atoms with Crippen molar-refractivity contribution >= 4 is 10.9 Å². The van der Waals surface area contributed by atoms with E-state index in [0.29, 0.717) is 0 Å². The molecule has 1 atom stereocenters. The van der Waals surface area contributed by atoms with Crippen molar-refractivity contribution < 1.29 is 5.11 Å². The van der Waals surface area contributed by atoms with Gasteiger partial charge in [-0.15, -0.1) is 0 Å². The van der Waals surface area contributed by atoms with Crippen molar-refractivity contribution in [2.75, 3.05) is 0 Å². The van der Waals surface area contributed by atoms with Gasteiger partial charge in [0.15, 0.2) is 0 Å². The molecule has 1 unspecified atom stereocenters. The first kappa shape index (κ1) is 13.8. The molecule has 108 valence electrons. The number of hydrogen-bond acceptors (Lipinski definition) is 2. The van der Waals surface area contributed by atoms with Crippen molar-refractivity contribution in [3.8, 4) is 0 Å². The van der Waals surface area contributed by atoms with Crippen molar-refractivity contribution in [1.29, 1.82) is 0 Å². The molecule has 0 spiro atoms. The zero-order valence-electron chi connectivity index (χ0n) is 12.2. The summed E-state index contributed by atoms with van der Waals surface area (Å²) in [7, 11) is 0. The van der Waals surface area contributed by atoms with Gasteiger partial charge < -0.3 is 9.67 Å². The Kier molecular flexibility index (Phi) is 4.02. The Morgan fingerprint density at radius 3 is 3.00 bits per heavy atom. The molecule has 1 aromatic carbocycles. The molecule has 0 aliphatic carbocycles. The number of aliphatic hydroxyl groups excluding tert-OH is 1. The van der Waals surface area contributed by atoms with Crippen molar-refractivity contribution in [3.63, 3.8) is 0 Å². The first-order valence-electron chi connectivity index (χ1n) is 7.43. The number of fused-ring (bicyclic) bond motifs is 1. The average Bonchev–Trinajstić information content (AvgIpc) is 2.96. The molecule has 3 aromatic rings. The van der Waals surface area contributed by atoms with Crippen LogP contribution in [-0.4, -0.2) is 14.7 Å². The zero-order valence-corrected chi connectivity index (χ0v) is 12.2. The maximum absolute atomic E-state index is 10.0. The van der Waals surface area contributed by atoms with Gasteiger partial charge in [-0.05, 0) is 41.8 Å². The lowest BCUT2D eigenvalue weighted by Crippen LogP contribution is -1.98. The monoisotopic (exact) mass is 280 g/mol. The van der Waals surface area contributed by atoms with Crippen LogP contribution in [0, 0.1) is 0 Å². The SMILES string of the molecule is CCCC(O)c1ccn(Cc2ccc3ncccc3c2)c1. The molecule has 0 saturated heterocycles. The quantitative estimate of drug-likeness (QED) is 0.769. The maximum atomic E-state index is 10.0. The van der Waals surface area contributed by atoms with Crippen LogP contribution in [0.1, 0.15) is 37.0 Å². The van der Waals surface area contributed by atoms with E-state index in [1.807, 2.05) is 30.7 Å². The third kappa shape index (κ3) is 3.14. The second kappa shape index (κ2) is 6.10. The summed E-state index contributed by atoms with van der Waals surface area (Å²) in [5.74, 6) is 0. The molecule has 2 heterocycles. The minimum Gasteiger partial charge on any atom is -0.388 e. The molecule has 2 aromatic heterocycles. The largest absolute Gasteiger partial charge is 0.388 e. The van der Waals surface area contributed by atoms with Gasteiger partial charge in [0.1, 0.15) is 0 Å². The summed E-state index contributed by atoms with van der Waals surface area (Å²) in [6.07, 6.45) is 7.33. The molecule has 0 aliphatic heterocycles. The molecule has 1 N–H and O–H groups in total. The summed E-state index contributed by atoms with van der Waals surface area (Å²) < 4.78 is 2.12. The van der Waals surface area contributed by atoms with Gasteiger partial charge in [0.25, 0.3) is 0 Å². The summed E-state index contributed by atoms with van der Waals surface area (Å²) in [6, 6.07) is 12.4. The van der Waals surface area contributed by atoms with E-state index in [2.05, 4.69) is 40.7 Å². The summed E-state index contributed by atoms with van der Waals surface area (Å²) in [6.45, 7) is 2.90. The van der Waals surface area contributed by atoms with Gasteiger partial charge in [-0.1, -0.05) is 25.5 Å². The number of rotatable bonds is 5. The second-order valence-corrected chi connectivity index (χ2v) is 5.45. The predicted octanol–water partition coefficient (Wildman–Crippen LogP) is 3.92. The molecule has 21 heavy (non-hydrogen) atoms. The molecular formula is C18H20N2O. The van der Waals surface area contributed by atoms with Crippen molar-refractivity contribution in [2.45, 2.75) is 32.4 Å². The lowest BCUT2D eigenvalue weighted by atomic mass is 10.1. The van der Waals surface area contributed by atoms with Crippen molar-refractivity contribution in [2.24, 2.45) is 0 Å². The molecule has 3 nitrogen and oxygen atoms in total. The van der Waals surface area contributed by atoms with Gasteiger partial charge in [-0.25, -0.2) is 0 Å². The van der Waals surface area contributed by atoms with Crippen LogP contribution in [0.4, 0.5) is 0 Å². The third-order valence-corrected chi connectivity index (χ3v) is 3.75. The molecule has 0 amide bonds. The van der Waals surface area contributed by atoms with Crippen LogP contribution in [0.25, 0.3) is 10.9 Å². The molecular weight excluding hydrogens is 260 g/mol. The standard InChI is InChI=1S/C18H20N2O/c1-2-4-18(21)16-8-10-20(13-16)12-14-6-7-17-15(11-14)5-3-9-19-17/h3,5-11,13,18,21H,2,4,12H2,1H3. The Bertz CT molecular complexity index is 733. The van der Waals surface area contributed by atoms with E-state index >= 15 is 0 Å². The summed E-state index contributed by atoms with van der Waals surface area (Å²) >= 11 is 0. The molecule has 3 heteroatoms. The Morgan fingerprint density at radius 1 is 1.24 bits per heavy atom. The van der Waals surface area contributed by atoms with Gasteiger partial charge in [-0.2, -0.15) is 0 Å². The molecule has 0 bridgehead atoms. The normalized spacial score (nSPS) is 12.7. The van der Waals surface area contributed by atoms with E-state index in [9.17, 15) is 5.11 Å². The number of hydrogen-bond donors (Lipinski definition) is 1. The highest BCUT2D eigenvalue weighted by Gasteiger charge is 2.08. The minimum absolute atomic E-state index is 0.350. The fourth-order valence-corrected chi connectivity index (χ4v) is 2.63. The van der Waals surface area contributed by atoms with Crippen LogP contribution < -0.4 is 0 Å². The Labute approximate surface area is 124 Å². The molecule has 0 radical (unpaired) electrons. The van der Waals surface area contributed by atoms with Gasteiger partial charge >= 0.3 is 0 Å². The summed E-state index contributed by atoms with van der Waals surface area (Å²) in [5.41, 5.74) is 3.26. The highest BCUT2D eigenvalue weighted by molar-refractivity contribution is 5.78. The van der Waals surface area contributed by atoms with Gasteiger partial charge in [-0.3, -0.25) is 4.98 Å². The molecule has 0 aliphatic rings. The second-order valence-electron chi connectivity index (χ2n) is 5.45. The average molecular weight is 280 g/mol. The smallest absolute Gasteiger partial charge is 0.0804 e. The Morgan fingerprint density at radius 2 is 2.14 bits per heavy atom. The number of pyridine rings is 1.